The Morgan fingerprint density at radius 1 is 1.53 bits per heavy atom. The molecule has 1 aromatic heterocycles. The Labute approximate surface area is 103 Å². The molecule has 0 aliphatic carbocycles. The monoisotopic (exact) mass is 254 g/mol. The van der Waals surface area contributed by atoms with Crippen molar-refractivity contribution in [3.8, 4) is 0 Å². The van der Waals surface area contributed by atoms with Crippen LogP contribution in [0.2, 0.25) is 0 Å². The molecule has 0 radical (unpaired) electrons. The van der Waals surface area contributed by atoms with Crippen LogP contribution < -0.4 is 5.32 Å². The third-order valence-corrected chi connectivity index (χ3v) is 3.59. The molecule has 2 amide bonds. The number of amides is 2. The van der Waals surface area contributed by atoms with Gasteiger partial charge >= 0.3 is 12.0 Å². The van der Waals surface area contributed by atoms with Crippen molar-refractivity contribution in [1.29, 1.82) is 0 Å². The lowest BCUT2D eigenvalue weighted by Gasteiger charge is -2.30. The van der Waals surface area contributed by atoms with Crippen molar-refractivity contribution >= 4 is 28.3 Å². The van der Waals surface area contributed by atoms with Crippen LogP contribution in [0.15, 0.2) is 17.5 Å². The van der Waals surface area contributed by atoms with Crippen LogP contribution in [0.1, 0.15) is 12.8 Å². The number of aliphatic carboxylic acids is 1. The number of piperidine rings is 1. The predicted molar refractivity (Wildman–Crippen MR) is 65.3 cm³/mol. The fourth-order valence-electron chi connectivity index (χ4n) is 1.90. The topological polar surface area (TPSA) is 69.6 Å². The molecule has 6 heteroatoms. The minimum atomic E-state index is -0.821. The summed E-state index contributed by atoms with van der Waals surface area (Å²) in [7, 11) is 0. The van der Waals surface area contributed by atoms with Crippen LogP contribution in [0.4, 0.5) is 9.80 Å². The van der Waals surface area contributed by atoms with E-state index in [2.05, 4.69) is 5.32 Å². The highest BCUT2D eigenvalue weighted by molar-refractivity contribution is 7.14. The summed E-state index contributed by atoms with van der Waals surface area (Å²) in [6.07, 6.45) is 1.40. The summed E-state index contributed by atoms with van der Waals surface area (Å²) in [6.45, 7) is 0.924. The van der Waals surface area contributed by atoms with Gasteiger partial charge in [-0.2, -0.15) is 0 Å². The van der Waals surface area contributed by atoms with Gasteiger partial charge in [-0.05, 0) is 30.4 Å². The lowest BCUT2D eigenvalue weighted by molar-refractivity contribution is -0.143. The summed E-state index contributed by atoms with van der Waals surface area (Å²) >= 11 is 1.45. The second-order valence-corrected chi connectivity index (χ2v) is 4.98. The van der Waals surface area contributed by atoms with Crippen LogP contribution in [0.3, 0.4) is 0 Å². The number of thiophene rings is 1. The number of likely N-dealkylation sites (tertiary alicyclic amines) is 1. The van der Waals surface area contributed by atoms with Crippen molar-refractivity contribution in [2.24, 2.45) is 5.92 Å². The quantitative estimate of drug-likeness (QED) is 0.849. The third kappa shape index (κ3) is 2.97. The molecule has 5 nitrogen and oxygen atoms in total. The summed E-state index contributed by atoms with van der Waals surface area (Å²) in [5.41, 5.74) is 0. The van der Waals surface area contributed by atoms with Crippen LogP contribution in [-0.4, -0.2) is 35.1 Å². The van der Waals surface area contributed by atoms with Crippen molar-refractivity contribution in [3.63, 3.8) is 0 Å². The average Bonchev–Trinajstić information content (AvgIpc) is 2.82. The van der Waals surface area contributed by atoms with Crippen LogP contribution in [0.5, 0.6) is 0 Å². The van der Waals surface area contributed by atoms with E-state index < -0.39 is 11.9 Å². The largest absolute Gasteiger partial charge is 0.481 e. The number of hydrogen-bond acceptors (Lipinski definition) is 3. The van der Waals surface area contributed by atoms with Gasteiger partial charge in [0.25, 0.3) is 0 Å². The van der Waals surface area contributed by atoms with Crippen molar-refractivity contribution in [3.05, 3.63) is 17.5 Å². The first-order valence-electron chi connectivity index (χ1n) is 5.49. The summed E-state index contributed by atoms with van der Waals surface area (Å²) in [4.78, 5) is 24.3. The molecule has 1 aliphatic rings. The molecule has 1 saturated heterocycles. The maximum Gasteiger partial charge on any atom is 0.322 e. The van der Waals surface area contributed by atoms with Gasteiger partial charge in [-0.3, -0.25) is 10.1 Å². The number of urea groups is 1. The number of carbonyl (C=O) groups is 2. The molecule has 17 heavy (non-hydrogen) atoms. The molecule has 0 saturated carbocycles. The molecule has 0 spiro atoms. The van der Waals surface area contributed by atoms with E-state index in [9.17, 15) is 9.59 Å². The molecule has 1 unspecified atom stereocenters. The molecular weight excluding hydrogens is 240 g/mol. The summed E-state index contributed by atoms with van der Waals surface area (Å²) in [5.74, 6) is -1.25. The fourth-order valence-corrected chi connectivity index (χ4v) is 2.50. The molecule has 1 aliphatic heterocycles. The number of carbonyl (C=O) groups excluding carboxylic acids is 1. The first-order chi connectivity index (χ1) is 8.16. The van der Waals surface area contributed by atoms with Crippen LogP contribution >= 0.6 is 11.3 Å². The molecular formula is C11H14N2O3S. The average molecular weight is 254 g/mol. The zero-order valence-corrected chi connectivity index (χ0v) is 10.1. The van der Waals surface area contributed by atoms with Gasteiger partial charge in [-0.25, -0.2) is 4.79 Å². The zero-order chi connectivity index (χ0) is 12.3. The van der Waals surface area contributed by atoms with Crippen molar-refractivity contribution < 1.29 is 14.7 Å². The van der Waals surface area contributed by atoms with Gasteiger partial charge in [0.05, 0.1) is 10.9 Å². The highest BCUT2D eigenvalue weighted by Gasteiger charge is 2.28. The Balaban J connectivity index is 1.93. The van der Waals surface area contributed by atoms with Gasteiger partial charge in [-0.1, -0.05) is 0 Å². The Bertz CT molecular complexity index is 405. The molecule has 0 bridgehead atoms. The number of rotatable bonds is 2. The van der Waals surface area contributed by atoms with Gasteiger partial charge in [0.1, 0.15) is 0 Å². The summed E-state index contributed by atoms with van der Waals surface area (Å²) in [5, 5.41) is 14.4. The van der Waals surface area contributed by atoms with Gasteiger partial charge in [-0.15, -0.1) is 11.3 Å². The summed E-state index contributed by atoms with van der Waals surface area (Å²) < 4.78 is 0. The second-order valence-electron chi connectivity index (χ2n) is 4.03. The predicted octanol–water partition coefficient (Wildman–Crippen LogP) is 2.08. The molecule has 1 fully saturated rings. The molecule has 1 atom stereocenters. The first-order valence-corrected chi connectivity index (χ1v) is 6.37. The third-order valence-electron chi connectivity index (χ3n) is 2.81. The number of nitrogens with zero attached hydrogens (tertiary/aromatic N) is 1. The highest BCUT2D eigenvalue weighted by Crippen LogP contribution is 2.19. The first kappa shape index (κ1) is 11.9. The minimum Gasteiger partial charge on any atom is -0.481 e. The Morgan fingerprint density at radius 2 is 2.35 bits per heavy atom. The van der Waals surface area contributed by atoms with E-state index in [1.807, 2.05) is 17.5 Å². The van der Waals surface area contributed by atoms with E-state index in [0.717, 1.165) is 11.4 Å². The van der Waals surface area contributed by atoms with Gasteiger partial charge in [0.15, 0.2) is 0 Å². The lowest BCUT2D eigenvalue weighted by atomic mass is 9.99. The maximum atomic E-state index is 11.9. The second kappa shape index (κ2) is 5.18. The van der Waals surface area contributed by atoms with E-state index in [0.29, 0.717) is 19.5 Å². The van der Waals surface area contributed by atoms with Gasteiger partial charge in [0.2, 0.25) is 0 Å². The van der Waals surface area contributed by atoms with E-state index in [-0.39, 0.29) is 6.03 Å². The number of anilines is 1. The smallest absolute Gasteiger partial charge is 0.322 e. The van der Waals surface area contributed by atoms with E-state index in [4.69, 9.17) is 5.11 Å². The molecule has 92 valence electrons. The van der Waals surface area contributed by atoms with Crippen LogP contribution in [-0.2, 0) is 4.79 Å². The SMILES string of the molecule is O=C(O)C1CCCN(C(=O)Nc2cccs2)C1. The lowest BCUT2D eigenvalue weighted by Crippen LogP contribution is -2.44. The number of hydrogen-bond donors (Lipinski definition) is 2. The van der Waals surface area contributed by atoms with Gasteiger partial charge in [0, 0.05) is 13.1 Å². The number of nitrogens with one attached hydrogen (secondary N) is 1. The summed E-state index contributed by atoms with van der Waals surface area (Å²) in [6, 6.07) is 3.47. The van der Waals surface area contributed by atoms with Crippen LogP contribution in [0.25, 0.3) is 0 Å². The Kier molecular flexibility index (Phi) is 3.63. The molecule has 1 aromatic rings. The standard InChI is InChI=1S/C11H14N2O3S/c14-10(15)8-3-1-5-13(7-8)11(16)12-9-4-2-6-17-9/h2,4,6,8H,1,3,5,7H2,(H,12,16)(H,14,15). The molecule has 2 rings (SSSR count). The highest BCUT2D eigenvalue weighted by atomic mass is 32.1. The number of carboxylic acid groups (broad SMARTS) is 1. The normalized spacial score (nSPS) is 20.0. The van der Waals surface area contributed by atoms with E-state index in [1.54, 1.807) is 4.90 Å². The zero-order valence-electron chi connectivity index (χ0n) is 9.26. The van der Waals surface area contributed by atoms with Crippen molar-refractivity contribution in [2.45, 2.75) is 12.8 Å². The Hall–Kier alpha value is -1.56. The Morgan fingerprint density at radius 3 is 3.00 bits per heavy atom. The minimum absolute atomic E-state index is 0.210. The van der Waals surface area contributed by atoms with Crippen molar-refractivity contribution in [1.82, 2.24) is 4.90 Å². The maximum absolute atomic E-state index is 11.9. The molecule has 2 N–H and O–H groups in total. The molecule has 0 aromatic carbocycles. The van der Waals surface area contributed by atoms with Crippen LogP contribution in [0, 0.1) is 5.92 Å². The van der Waals surface area contributed by atoms with E-state index in [1.165, 1.54) is 11.3 Å². The van der Waals surface area contributed by atoms with Crippen molar-refractivity contribution in [2.75, 3.05) is 18.4 Å². The molecule has 2 heterocycles. The van der Waals surface area contributed by atoms with E-state index >= 15 is 0 Å². The fraction of sp³-hybridized carbons (Fsp3) is 0.455. The van der Waals surface area contributed by atoms with Gasteiger partial charge < -0.3 is 10.0 Å². The number of carboxylic acids is 1.